The number of hydrogen-bond donors (Lipinski definition) is 2. The molecule has 4 heteroatoms. The Bertz CT molecular complexity index is 572. The molecule has 0 aromatic heterocycles. The Balaban J connectivity index is 1.60. The van der Waals surface area contributed by atoms with Gasteiger partial charge in [0.15, 0.2) is 0 Å². The van der Waals surface area contributed by atoms with Gasteiger partial charge in [0.2, 0.25) is 5.91 Å². The maximum absolute atomic E-state index is 12.5. The smallest absolute Gasteiger partial charge is 0.238 e. The number of nitrogens with one attached hydrogen (secondary N) is 1. The van der Waals surface area contributed by atoms with Crippen molar-refractivity contribution >= 4 is 11.6 Å². The number of fused-ring (bicyclic) bond motifs is 1. The van der Waals surface area contributed by atoms with Gasteiger partial charge in [0.05, 0.1) is 6.54 Å². The molecule has 1 aromatic carbocycles. The highest BCUT2D eigenvalue weighted by molar-refractivity contribution is 5.93. The lowest BCUT2D eigenvalue weighted by Gasteiger charge is -2.29. The molecule has 3 N–H and O–H groups in total. The van der Waals surface area contributed by atoms with Crippen molar-refractivity contribution < 1.29 is 4.79 Å². The summed E-state index contributed by atoms with van der Waals surface area (Å²) in [5.74, 6) is 1.37. The van der Waals surface area contributed by atoms with Gasteiger partial charge in [-0.3, -0.25) is 9.69 Å². The van der Waals surface area contributed by atoms with E-state index in [0.717, 1.165) is 37.2 Å². The van der Waals surface area contributed by atoms with Crippen LogP contribution in [0.3, 0.4) is 0 Å². The fraction of sp³-hybridized carbons (Fsp3) is 0.632. The average molecular weight is 315 g/mol. The average Bonchev–Trinajstić information content (AvgIpc) is 2.93. The molecule has 0 radical (unpaired) electrons. The fourth-order valence-electron chi connectivity index (χ4n) is 4.32. The minimum absolute atomic E-state index is 0.0984. The standard InChI is InChI=1S/C19H29N3O/c1-3-14-7-4-6-13(2)19(14)21-18(23)12-22-10-15-8-5-9-17(20)16(15)11-22/h4,6-7,15-17H,3,5,8-12,20H2,1-2H3,(H,21,23). The zero-order valence-electron chi connectivity index (χ0n) is 14.3. The summed E-state index contributed by atoms with van der Waals surface area (Å²) in [6.07, 6.45) is 4.59. The van der Waals surface area contributed by atoms with Gasteiger partial charge in [-0.25, -0.2) is 0 Å². The lowest BCUT2D eigenvalue weighted by molar-refractivity contribution is -0.117. The van der Waals surface area contributed by atoms with E-state index >= 15 is 0 Å². The molecule has 1 saturated carbocycles. The number of likely N-dealkylation sites (tertiary alicyclic amines) is 1. The number of anilines is 1. The van der Waals surface area contributed by atoms with Gasteiger partial charge in [-0.15, -0.1) is 0 Å². The van der Waals surface area contributed by atoms with Crippen molar-refractivity contribution in [3.05, 3.63) is 29.3 Å². The maximum Gasteiger partial charge on any atom is 0.238 e. The number of carbonyl (C=O) groups is 1. The van der Waals surface area contributed by atoms with E-state index in [1.165, 1.54) is 18.4 Å². The minimum atomic E-state index is 0.0984. The predicted molar refractivity (Wildman–Crippen MR) is 94.4 cm³/mol. The maximum atomic E-state index is 12.5. The highest BCUT2D eigenvalue weighted by Crippen LogP contribution is 2.35. The van der Waals surface area contributed by atoms with Gasteiger partial charge in [-0.05, 0) is 49.1 Å². The highest BCUT2D eigenvalue weighted by Gasteiger charge is 2.39. The molecule has 0 spiro atoms. The van der Waals surface area contributed by atoms with Crippen LogP contribution in [0.15, 0.2) is 18.2 Å². The molecule has 1 saturated heterocycles. The number of benzene rings is 1. The minimum Gasteiger partial charge on any atom is -0.327 e. The molecule has 1 aromatic rings. The van der Waals surface area contributed by atoms with E-state index < -0.39 is 0 Å². The second-order valence-electron chi connectivity index (χ2n) is 7.22. The van der Waals surface area contributed by atoms with E-state index in [0.29, 0.717) is 24.4 Å². The largest absolute Gasteiger partial charge is 0.327 e. The summed E-state index contributed by atoms with van der Waals surface area (Å²) in [4.78, 5) is 14.8. The fourth-order valence-corrected chi connectivity index (χ4v) is 4.32. The number of amides is 1. The van der Waals surface area contributed by atoms with Crippen LogP contribution in [0, 0.1) is 18.8 Å². The summed E-state index contributed by atoms with van der Waals surface area (Å²) in [6.45, 7) is 6.67. The molecule has 23 heavy (non-hydrogen) atoms. The van der Waals surface area contributed by atoms with Gasteiger partial charge in [0, 0.05) is 24.8 Å². The summed E-state index contributed by atoms with van der Waals surface area (Å²) in [5.41, 5.74) is 9.60. The number of para-hydroxylation sites is 1. The van der Waals surface area contributed by atoms with Crippen LogP contribution < -0.4 is 11.1 Å². The molecule has 3 unspecified atom stereocenters. The number of nitrogens with zero attached hydrogens (tertiary/aromatic N) is 1. The Kier molecular flexibility index (Phi) is 5.02. The molecule has 3 rings (SSSR count). The number of rotatable bonds is 4. The number of nitrogens with two attached hydrogens (primary N) is 1. The molecular formula is C19H29N3O. The van der Waals surface area contributed by atoms with Crippen LogP contribution in [-0.2, 0) is 11.2 Å². The van der Waals surface area contributed by atoms with E-state index in [2.05, 4.69) is 42.3 Å². The van der Waals surface area contributed by atoms with Crippen molar-refractivity contribution in [2.45, 2.75) is 45.6 Å². The first kappa shape index (κ1) is 16.5. The predicted octanol–water partition coefficient (Wildman–Crippen LogP) is 2.56. The highest BCUT2D eigenvalue weighted by atomic mass is 16.2. The summed E-state index contributed by atoms with van der Waals surface area (Å²) in [7, 11) is 0. The molecule has 3 atom stereocenters. The van der Waals surface area contributed by atoms with Crippen molar-refractivity contribution in [3.63, 3.8) is 0 Å². The van der Waals surface area contributed by atoms with Gasteiger partial charge >= 0.3 is 0 Å². The third kappa shape index (κ3) is 3.59. The number of carbonyl (C=O) groups excluding carboxylic acids is 1. The van der Waals surface area contributed by atoms with Crippen molar-refractivity contribution in [3.8, 4) is 0 Å². The van der Waals surface area contributed by atoms with E-state index in [1.807, 2.05) is 0 Å². The van der Waals surface area contributed by atoms with Crippen LogP contribution in [-0.4, -0.2) is 36.5 Å². The first-order valence-electron chi connectivity index (χ1n) is 8.94. The Hall–Kier alpha value is -1.39. The van der Waals surface area contributed by atoms with Crippen molar-refractivity contribution in [2.24, 2.45) is 17.6 Å². The third-order valence-corrected chi connectivity index (χ3v) is 5.60. The van der Waals surface area contributed by atoms with Crippen molar-refractivity contribution in [1.29, 1.82) is 0 Å². The summed E-state index contributed by atoms with van der Waals surface area (Å²) in [5, 5.41) is 3.14. The molecule has 4 nitrogen and oxygen atoms in total. The number of aryl methyl sites for hydroxylation is 2. The molecule has 1 heterocycles. The van der Waals surface area contributed by atoms with E-state index in [-0.39, 0.29) is 5.91 Å². The molecule has 0 bridgehead atoms. The monoisotopic (exact) mass is 315 g/mol. The van der Waals surface area contributed by atoms with Crippen LogP contribution in [0.2, 0.25) is 0 Å². The van der Waals surface area contributed by atoms with Crippen LogP contribution in [0.25, 0.3) is 0 Å². The lowest BCUT2D eigenvalue weighted by Crippen LogP contribution is -2.38. The van der Waals surface area contributed by atoms with Crippen molar-refractivity contribution in [2.75, 3.05) is 25.0 Å². The quantitative estimate of drug-likeness (QED) is 0.898. The van der Waals surface area contributed by atoms with Gasteiger partial charge in [-0.1, -0.05) is 31.5 Å². The van der Waals surface area contributed by atoms with Crippen LogP contribution in [0.5, 0.6) is 0 Å². The van der Waals surface area contributed by atoms with E-state index in [9.17, 15) is 4.79 Å². The van der Waals surface area contributed by atoms with Crippen LogP contribution in [0.1, 0.15) is 37.3 Å². The summed E-state index contributed by atoms with van der Waals surface area (Å²) in [6, 6.07) is 6.52. The molecule has 2 fully saturated rings. The van der Waals surface area contributed by atoms with Crippen LogP contribution >= 0.6 is 0 Å². The molecule has 2 aliphatic rings. The van der Waals surface area contributed by atoms with Gasteiger partial charge in [0.1, 0.15) is 0 Å². The lowest BCUT2D eigenvalue weighted by atomic mass is 9.78. The van der Waals surface area contributed by atoms with E-state index in [1.54, 1.807) is 0 Å². The molecular weight excluding hydrogens is 286 g/mol. The first-order chi connectivity index (χ1) is 11.1. The Labute approximate surface area is 139 Å². The Morgan fingerprint density at radius 2 is 2.17 bits per heavy atom. The second kappa shape index (κ2) is 7.02. The zero-order chi connectivity index (χ0) is 16.4. The van der Waals surface area contributed by atoms with Gasteiger partial charge in [0.25, 0.3) is 0 Å². The molecule has 1 amide bonds. The van der Waals surface area contributed by atoms with E-state index in [4.69, 9.17) is 5.73 Å². The third-order valence-electron chi connectivity index (χ3n) is 5.60. The number of hydrogen-bond acceptors (Lipinski definition) is 3. The summed E-state index contributed by atoms with van der Waals surface area (Å²) >= 11 is 0. The normalized spacial score (nSPS) is 27.7. The molecule has 126 valence electrons. The van der Waals surface area contributed by atoms with Gasteiger partial charge < -0.3 is 11.1 Å². The second-order valence-corrected chi connectivity index (χ2v) is 7.22. The molecule has 1 aliphatic heterocycles. The Morgan fingerprint density at radius 3 is 2.91 bits per heavy atom. The van der Waals surface area contributed by atoms with Gasteiger partial charge in [-0.2, -0.15) is 0 Å². The first-order valence-corrected chi connectivity index (χ1v) is 8.94. The Morgan fingerprint density at radius 1 is 1.35 bits per heavy atom. The zero-order valence-corrected chi connectivity index (χ0v) is 14.3. The summed E-state index contributed by atoms with van der Waals surface area (Å²) < 4.78 is 0. The van der Waals surface area contributed by atoms with Crippen LogP contribution in [0.4, 0.5) is 5.69 Å². The van der Waals surface area contributed by atoms with Crippen molar-refractivity contribution in [1.82, 2.24) is 4.90 Å². The SMILES string of the molecule is CCc1cccc(C)c1NC(=O)CN1CC2CCCC(N)C2C1. The topological polar surface area (TPSA) is 58.4 Å². The molecule has 1 aliphatic carbocycles.